The lowest BCUT2D eigenvalue weighted by atomic mass is 10.4. The third-order valence-electron chi connectivity index (χ3n) is 1.57. The molecule has 0 aromatic carbocycles. The van der Waals surface area contributed by atoms with Gasteiger partial charge in [0.05, 0.1) is 13.2 Å². The van der Waals surface area contributed by atoms with E-state index in [9.17, 15) is 4.79 Å². The van der Waals surface area contributed by atoms with Gasteiger partial charge >= 0.3 is 0 Å². The lowest BCUT2D eigenvalue weighted by molar-refractivity contribution is -0.121. The Bertz CT molecular complexity index is 143. The van der Waals surface area contributed by atoms with Crippen molar-refractivity contribution in [1.29, 1.82) is 0 Å². The number of carbonyl (C=O) groups is 1. The van der Waals surface area contributed by atoms with Gasteiger partial charge in [-0.2, -0.15) is 0 Å². The number of rotatable bonds is 7. The van der Waals surface area contributed by atoms with Crippen LogP contribution in [0.5, 0.6) is 0 Å². The van der Waals surface area contributed by atoms with Crippen LogP contribution in [0.2, 0.25) is 0 Å². The van der Waals surface area contributed by atoms with E-state index >= 15 is 0 Å². The second kappa shape index (κ2) is 8.01. The maximum Gasteiger partial charge on any atom is 0.219 e. The van der Waals surface area contributed by atoms with Crippen molar-refractivity contribution in [3.8, 4) is 0 Å². The van der Waals surface area contributed by atoms with E-state index < -0.39 is 0 Å². The summed E-state index contributed by atoms with van der Waals surface area (Å²) in [5.41, 5.74) is 0. The Hall–Kier alpha value is -0.610. The highest BCUT2D eigenvalue weighted by Gasteiger charge is 1.95. The first-order valence-corrected chi connectivity index (χ1v) is 4.66. The van der Waals surface area contributed by atoms with Crippen molar-refractivity contribution in [3.63, 3.8) is 0 Å². The molecule has 0 atom stereocenters. The van der Waals surface area contributed by atoms with E-state index in [4.69, 9.17) is 4.74 Å². The van der Waals surface area contributed by atoms with Gasteiger partial charge in [0.25, 0.3) is 0 Å². The number of nitrogens with zero attached hydrogens (tertiary/aromatic N) is 1. The molecule has 0 aliphatic heterocycles. The highest BCUT2D eigenvalue weighted by molar-refractivity contribution is 5.75. The highest BCUT2D eigenvalue weighted by atomic mass is 16.5. The molecule has 4 heteroatoms. The molecule has 0 fully saturated rings. The van der Waals surface area contributed by atoms with Gasteiger partial charge in [0, 0.05) is 20.9 Å². The van der Waals surface area contributed by atoms with Crippen LogP contribution in [0, 0.1) is 0 Å². The van der Waals surface area contributed by atoms with Gasteiger partial charge in [-0.3, -0.25) is 4.79 Å². The first kappa shape index (κ1) is 12.4. The first-order chi connectivity index (χ1) is 6.16. The third-order valence-corrected chi connectivity index (χ3v) is 1.57. The maximum absolute atomic E-state index is 10.8. The molecule has 0 saturated carbocycles. The largest absolute Gasteiger partial charge is 0.378 e. The summed E-state index contributed by atoms with van der Waals surface area (Å²) in [6, 6.07) is 0. The lowest BCUT2D eigenvalue weighted by Crippen LogP contribution is -2.27. The molecule has 0 radical (unpaired) electrons. The smallest absolute Gasteiger partial charge is 0.219 e. The first-order valence-electron chi connectivity index (χ1n) is 4.66. The Morgan fingerprint density at radius 3 is 2.69 bits per heavy atom. The fraction of sp³-hybridized carbons (Fsp3) is 0.889. The summed E-state index contributed by atoms with van der Waals surface area (Å²) in [5, 5.41) is 2.74. The molecule has 1 N–H and O–H groups in total. The van der Waals surface area contributed by atoms with Crippen molar-refractivity contribution in [2.75, 3.05) is 40.4 Å². The molecule has 0 saturated heterocycles. The Labute approximate surface area is 81.7 Å². The number of ether oxygens (including phenoxy) is 1. The Morgan fingerprint density at radius 2 is 2.15 bits per heavy atom. The second-order valence-electron chi connectivity index (χ2n) is 3.12. The Balaban J connectivity index is 0. The van der Waals surface area contributed by atoms with E-state index in [0.717, 1.165) is 13.2 Å². The van der Waals surface area contributed by atoms with Crippen LogP contribution in [-0.2, 0) is 9.53 Å². The van der Waals surface area contributed by atoms with E-state index in [1.807, 2.05) is 21.0 Å². The predicted molar refractivity (Wildman–Crippen MR) is 54.8 cm³/mol. The molecule has 1 amide bonds. The summed E-state index contributed by atoms with van der Waals surface area (Å²) in [6.07, 6.45) is 0.539. The SMILES string of the molecule is CCC(=O)NCCOCCN(C)C.[HH]. The van der Waals surface area contributed by atoms with Gasteiger partial charge in [-0.1, -0.05) is 6.92 Å². The summed E-state index contributed by atoms with van der Waals surface area (Å²) >= 11 is 0. The van der Waals surface area contributed by atoms with Crippen molar-refractivity contribution in [2.24, 2.45) is 0 Å². The molecule has 4 nitrogen and oxygen atoms in total. The van der Waals surface area contributed by atoms with Gasteiger partial charge in [0.2, 0.25) is 5.91 Å². The van der Waals surface area contributed by atoms with Crippen LogP contribution in [0.4, 0.5) is 0 Å². The average molecular weight is 190 g/mol. The van der Waals surface area contributed by atoms with Crippen molar-refractivity contribution in [1.82, 2.24) is 10.2 Å². The van der Waals surface area contributed by atoms with Gasteiger partial charge in [0.15, 0.2) is 0 Å². The molecule has 0 rings (SSSR count). The van der Waals surface area contributed by atoms with Gasteiger partial charge in [-0.15, -0.1) is 0 Å². The summed E-state index contributed by atoms with van der Waals surface area (Å²) in [6.45, 7) is 4.68. The highest BCUT2D eigenvalue weighted by Crippen LogP contribution is 1.79. The number of carbonyl (C=O) groups excluding carboxylic acids is 1. The molecular formula is C9H22N2O2. The molecule has 80 valence electrons. The van der Waals surface area contributed by atoms with Gasteiger partial charge in [-0.05, 0) is 14.1 Å². The van der Waals surface area contributed by atoms with Crippen molar-refractivity contribution in [2.45, 2.75) is 13.3 Å². The van der Waals surface area contributed by atoms with Crippen LogP contribution >= 0.6 is 0 Å². The maximum atomic E-state index is 10.8. The average Bonchev–Trinajstić information content (AvgIpc) is 2.10. The topological polar surface area (TPSA) is 41.6 Å². The Morgan fingerprint density at radius 1 is 1.46 bits per heavy atom. The number of hydrogen-bond donors (Lipinski definition) is 1. The van der Waals surface area contributed by atoms with Crippen molar-refractivity contribution < 1.29 is 11.0 Å². The number of likely N-dealkylation sites (N-methyl/N-ethyl adjacent to an activating group) is 1. The molecule has 0 unspecified atom stereocenters. The summed E-state index contributed by atoms with van der Waals surface area (Å²) in [5.74, 6) is 0.0798. The molecule has 0 aromatic rings. The minimum atomic E-state index is 0. The molecule has 0 aliphatic rings. The fourth-order valence-corrected chi connectivity index (χ4v) is 0.737. The lowest BCUT2D eigenvalue weighted by Gasteiger charge is -2.09. The second-order valence-corrected chi connectivity index (χ2v) is 3.12. The van der Waals surface area contributed by atoms with Gasteiger partial charge in [0.1, 0.15) is 0 Å². The molecular weight excluding hydrogens is 168 g/mol. The Kier molecular flexibility index (Phi) is 7.63. The van der Waals surface area contributed by atoms with E-state index in [1.54, 1.807) is 0 Å². The summed E-state index contributed by atoms with van der Waals surface area (Å²) in [4.78, 5) is 12.8. The van der Waals surface area contributed by atoms with E-state index in [0.29, 0.717) is 19.6 Å². The number of hydrogen-bond acceptors (Lipinski definition) is 3. The zero-order chi connectivity index (χ0) is 10.1. The standard InChI is InChI=1S/C9H20N2O2.H2/c1-4-9(12)10-5-7-13-8-6-11(2)3;/h4-8H2,1-3H3,(H,10,12);1H. The summed E-state index contributed by atoms with van der Waals surface area (Å²) < 4.78 is 5.28. The quantitative estimate of drug-likeness (QED) is 0.588. The van der Waals surface area contributed by atoms with Crippen LogP contribution in [0.3, 0.4) is 0 Å². The zero-order valence-electron chi connectivity index (χ0n) is 8.80. The zero-order valence-corrected chi connectivity index (χ0v) is 8.80. The van der Waals surface area contributed by atoms with Crippen molar-refractivity contribution >= 4 is 5.91 Å². The van der Waals surface area contributed by atoms with E-state index in [-0.39, 0.29) is 7.33 Å². The third kappa shape index (κ3) is 9.30. The van der Waals surface area contributed by atoms with E-state index in [1.165, 1.54) is 0 Å². The molecule has 0 aliphatic carbocycles. The molecule has 13 heavy (non-hydrogen) atoms. The van der Waals surface area contributed by atoms with Crippen LogP contribution < -0.4 is 5.32 Å². The van der Waals surface area contributed by atoms with Crippen LogP contribution in [0.15, 0.2) is 0 Å². The monoisotopic (exact) mass is 190 g/mol. The summed E-state index contributed by atoms with van der Waals surface area (Å²) in [7, 11) is 4.00. The van der Waals surface area contributed by atoms with Gasteiger partial charge < -0.3 is 15.0 Å². The minimum Gasteiger partial charge on any atom is -0.378 e. The molecule has 0 heterocycles. The molecule has 0 spiro atoms. The van der Waals surface area contributed by atoms with Crippen LogP contribution in [0.25, 0.3) is 0 Å². The molecule has 0 bridgehead atoms. The fourth-order valence-electron chi connectivity index (χ4n) is 0.737. The minimum absolute atomic E-state index is 0. The van der Waals surface area contributed by atoms with Crippen LogP contribution in [0.1, 0.15) is 14.8 Å². The molecule has 0 aromatic heterocycles. The van der Waals surface area contributed by atoms with Gasteiger partial charge in [-0.25, -0.2) is 0 Å². The van der Waals surface area contributed by atoms with Crippen LogP contribution in [-0.4, -0.2) is 51.2 Å². The van der Waals surface area contributed by atoms with Crippen molar-refractivity contribution in [3.05, 3.63) is 0 Å². The normalized spacial score (nSPS) is 10.5. The van der Waals surface area contributed by atoms with E-state index in [2.05, 4.69) is 10.2 Å². The predicted octanol–water partition coefficient (Wildman–Crippen LogP) is 0.337. The number of amides is 1. The number of nitrogens with one attached hydrogen (secondary N) is 1.